The lowest BCUT2D eigenvalue weighted by molar-refractivity contribution is -0.145. The highest BCUT2D eigenvalue weighted by atomic mass is 16.6. The van der Waals surface area contributed by atoms with Crippen molar-refractivity contribution in [3.05, 3.63) is 30.5 Å². The molecule has 0 atom stereocenters. The molecule has 27 heavy (non-hydrogen) atoms. The molecule has 0 aliphatic heterocycles. The van der Waals surface area contributed by atoms with Crippen LogP contribution < -0.4 is 15.2 Å². The molecular weight excluding hydrogens is 350 g/mol. The van der Waals surface area contributed by atoms with Gasteiger partial charge in [0.25, 0.3) is 0 Å². The van der Waals surface area contributed by atoms with Gasteiger partial charge in [-0.15, -0.1) is 0 Å². The fourth-order valence-electron chi connectivity index (χ4n) is 2.34. The average Bonchev–Trinajstić information content (AvgIpc) is 2.67. The molecule has 3 rings (SSSR count). The summed E-state index contributed by atoms with van der Waals surface area (Å²) in [6.45, 7) is 4.19. The van der Waals surface area contributed by atoms with Crippen LogP contribution in [-0.4, -0.2) is 45.7 Å². The highest BCUT2D eigenvalue weighted by molar-refractivity contribution is 5.79. The molecule has 0 saturated carbocycles. The van der Waals surface area contributed by atoms with E-state index >= 15 is 0 Å². The quantitative estimate of drug-likeness (QED) is 0.623. The Balaban J connectivity index is 1.83. The zero-order valence-electron chi connectivity index (χ0n) is 15.0. The van der Waals surface area contributed by atoms with Gasteiger partial charge in [-0.2, -0.15) is 9.97 Å². The number of esters is 1. The number of fused-ring (bicyclic) bond motifs is 1. The second kappa shape index (κ2) is 8.26. The summed E-state index contributed by atoms with van der Waals surface area (Å²) in [5, 5.41) is 0. The Labute approximate surface area is 155 Å². The number of carbonyl (C=O) groups excluding carboxylic acids is 1. The molecule has 0 aliphatic rings. The van der Waals surface area contributed by atoms with Gasteiger partial charge in [-0.05, 0) is 38.1 Å². The number of nitrogens with zero attached hydrogens (tertiary/aromatic N) is 4. The lowest BCUT2D eigenvalue weighted by atomic mass is 10.1. The summed E-state index contributed by atoms with van der Waals surface area (Å²) in [4.78, 5) is 28.3. The first kappa shape index (κ1) is 18.3. The number of nitrogens with two attached hydrogens (primary N) is 1. The van der Waals surface area contributed by atoms with Crippen LogP contribution in [0.5, 0.6) is 11.6 Å². The minimum atomic E-state index is -0.412. The predicted molar refractivity (Wildman–Crippen MR) is 98.3 cm³/mol. The first-order valence-corrected chi connectivity index (χ1v) is 8.42. The van der Waals surface area contributed by atoms with Crippen molar-refractivity contribution in [3.63, 3.8) is 0 Å². The van der Waals surface area contributed by atoms with Gasteiger partial charge in [-0.25, -0.2) is 14.8 Å². The predicted octanol–water partition coefficient (Wildman–Crippen LogP) is 2.01. The van der Waals surface area contributed by atoms with E-state index in [1.165, 1.54) is 0 Å². The van der Waals surface area contributed by atoms with E-state index in [0.717, 1.165) is 5.56 Å². The molecule has 0 radical (unpaired) electrons. The molecule has 2 heterocycles. The molecule has 0 aliphatic carbocycles. The summed E-state index contributed by atoms with van der Waals surface area (Å²) in [5.41, 5.74) is 7.91. The summed E-state index contributed by atoms with van der Waals surface area (Å²) < 4.78 is 15.7. The maximum atomic E-state index is 11.3. The summed E-state index contributed by atoms with van der Waals surface area (Å²) in [6.07, 6.45) is 1.60. The number of anilines is 1. The van der Waals surface area contributed by atoms with Gasteiger partial charge in [-0.1, -0.05) is 0 Å². The number of hydrogen-bond acceptors (Lipinski definition) is 9. The Hall–Kier alpha value is -3.49. The maximum absolute atomic E-state index is 11.3. The van der Waals surface area contributed by atoms with Crippen molar-refractivity contribution in [3.8, 4) is 22.9 Å². The molecule has 9 heteroatoms. The van der Waals surface area contributed by atoms with Crippen molar-refractivity contribution in [2.24, 2.45) is 0 Å². The van der Waals surface area contributed by atoms with Crippen LogP contribution in [0.15, 0.2) is 30.5 Å². The van der Waals surface area contributed by atoms with Gasteiger partial charge >= 0.3 is 5.97 Å². The first-order valence-electron chi connectivity index (χ1n) is 8.42. The van der Waals surface area contributed by atoms with Crippen molar-refractivity contribution in [1.29, 1.82) is 0 Å². The first-order chi connectivity index (χ1) is 13.1. The average molecular weight is 369 g/mol. The minimum absolute atomic E-state index is 0.0797. The van der Waals surface area contributed by atoms with Gasteiger partial charge in [0.05, 0.1) is 25.1 Å². The lowest BCUT2D eigenvalue weighted by Crippen LogP contribution is -2.14. The van der Waals surface area contributed by atoms with Gasteiger partial charge in [0.15, 0.2) is 17.8 Å². The van der Waals surface area contributed by atoms with E-state index < -0.39 is 5.97 Å². The Morgan fingerprint density at radius 3 is 2.52 bits per heavy atom. The number of ether oxygens (including phenoxy) is 3. The second-order valence-electron chi connectivity index (χ2n) is 5.37. The van der Waals surface area contributed by atoms with Crippen LogP contribution in [0.2, 0.25) is 0 Å². The normalized spacial score (nSPS) is 10.6. The van der Waals surface area contributed by atoms with Gasteiger partial charge in [-0.3, -0.25) is 0 Å². The molecule has 0 fully saturated rings. The molecule has 0 saturated heterocycles. The van der Waals surface area contributed by atoms with Crippen LogP contribution in [0.25, 0.3) is 22.4 Å². The number of carbonyl (C=O) groups is 1. The Morgan fingerprint density at radius 1 is 1.04 bits per heavy atom. The number of nitrogen functional groups attached to an aromatic ring is 1. The van der Waals surface area contributed by atoms with Crippen molar-refractivity contribution < 1.29 is 19.0 Å². The molecule has 0 amide bonds. The van der Waals surface area contributed by atoms with Crippen molar-refractivity contribution in [1.82, 2.24) is 19.9 Å². The molecule has 2 aromatic heterocycles. The standard InChI is InChI=1S/C18H19N5O4/c1-3-25-14(24)10-27-12-7-5-11(6-8-12)13-9-20-16-15(21-13)17(26-4-2)23-18(19)22-16/h5-9H,3-4,10H2,1-2H3,(H2,19,20,22,23). The van der Waals surface area contributed by atoms with Crippen LogP contribution in [0, 0.1) is 0 Å². The zero-order valence-corrected chi connectivity index (χ0v) is 15.0. The number of rotatable bonds is 7. The molecule has 0 unspecified atom stereocenters. The van der Waals surface area contributed by atoms with E-state index in [9.17, 15) is 4.79 Å². The molecule has 9 nitrogen and oxygen atoms in total. The summed E-state index contributed by atoms with van der Waals surface area (Å²) in [5.74, 6) is 0.510. The molecule has 1 aromatic carbocycles. The third-order valence-electron chi connectivity index (χ3n) is 3.49. The highest BCUT2D eigenvalue weighted by Crippen LogP contribution is 2.25. The van der Waals surface area contributed by atoms with Gasteiger partial charge < -0.3 is 19.9 Å². The summed E-state index contributed by atoms with van der Waals surface area (Å²) in [6, 6.07) is 7.11. The zero-order chi connectivity index (χ0) is 19.2. The Kier molecular flexibility index (Phi) is 5.60. The third-order valence-corrected chi connectivity index (χ3v) is 3.49. The number of aromatic nitrogens is 4. The van der Waals surface area contributed by atoms with E-state index in [0.29, 0.717) is 41.7 Å². The van der Waals surface area contributed by atoms with Crippen LogP contribution in [-0.2, 0) is 9.53 Å². The molecule has 3 aromatic rings. The Morgan fingerprint density at radius 2 is 1.81 bits per heavy atom. The van der Waals surface area contributed by atoms with E-state index in [-0.39, 0.29) is 12.6 Å². The monoisotopic (exact) mass is 369 g/mol. The van der Waals surface area contributed by atoms with Crippen LogP contribution in [0.4, 0.5) is 5.95 Å². The molecule has 140 valence electrons. The maximum Gasteiger partial charge on any atom is 0.344 e. The minimum Gasteiger partial charge on any atom is -0.482 e. The molecule has 2 N–H and O–H groups in total. The van der Waals surface area contributed by atoms with E-state index in [1.807, 2.05) is 19.1 Å². The molecule has 0 spiro atoms. The third kappa shape index (κ3) is 4.38. The fraction of sp³-hybridized carbons (Fsp3) is 0.278. The van der Waals surface area contributed by atoms with Gasteiger partial charge in [0.2, 0.25) is 11.8 Å². The van der Waals surface area contributed by atoms with Crippen LogP contribution in [0.1, 0.15) is 13.8 Å². The van der Waals surface area contributed by atoms with E-state index in [2.05, 4.69) is 19.9 Å². The fourth-order valence-corrected chi connectivity index (χ4v) is 2.34. The summed E-state index contributed by atoms with van der Waals surface area (Å²) >= 11 is 0. The topological polar surface area (TPSA) is 122 Å². The largest absolute Gasteiger partial charge is 0.482 e. The lowest BCUT2D eigenvalue weighted by Gasteiger charge is -2.08. The second-order valence-corrected chi connectivity index (χ2v) is 5.37. The van der Waals surface area contributed by atoms with Crippen LogP contribution in [0.3, 0.4) is 0 Å². The van der Waals surface area contributed by atoms with E-state index in [1.54, 1.807) is 25.3 Å². The van der Waals surface area contributed by atoms with Crippen molar-refractivity contribution in [2.45, 2.75) is 13.8 Å². The Bertz CT molecular complexity index is 946. The molecular formula is C18H19N5O4. The van der Waals surface area contributed by atoms with Crippen molar-refractivity contribution >= 4 is 23.1 Å². The van der Waals surface area contributed by atoms with Crippen LogP contribution >= 0.6 is 0 Å². The van der Waals surface area contributed by atoms with Gasteiger partial charge in [0.1, 0.15) is 5.75 Å². The van der Waals surface area contributed by atoms with Gasteiger partial charge in [0, 0.05) is 5.56 Å². The van der Waals surface area contributed by atoms with Crippen molar-refractivity contribution in [2.75, 3.05) is 25.6 Å². The summed E-state index contributed by atoms with van der Waals surface area (Å²) in [7, 11) is 0. The van der Waals surface area contributed by atoms with E-state index in [4.69, 9.17) is 19.9 Å². The molecule has 0 bridgehead atoms. The number of benzene rings is 1. The SMILES string of the molecule is CCOC(=O)COc1ccc(-c2cnc3nc(N)nc(OCC)c3n2)cc1. The number of hydrogen-bond donors (Lipinski definition) is 1. The highest BCUT2D eigenvalue weighted by Gasteiger charge is 2.12. The smallest absolute Gasteiger partial charge is 0.344 e.